The predicted octanol–water partition coefficient (Wildman–Crippen LogP) is 6.23. The van der Waals surface area contributed by atoms with Gasteiger partial charge in [0.05, 0.1) is 5.02 Å². The van der Waals surface area contributed by atoms with Gasteiger partial charge >= 0.3 is 0 Å². The molecule has 1 aliphatic heterocycles. The Morgan fingerprint density at radius 3 is 2.66 bits per heavy atom. The Kier molecular flexibility index (Phi) is 5.84. The zero-order valence-electron chi connectivity index (χ0n) is 17.2. The Morgan fingerprint density at radius 2 is 1.75 bits per heavy atom. The largest absolute Gasteiger partial charge is 0.488 e. The van der Waals surface area contributed by atoms with Crippen molar-refractivity contribution in [3.8, 4) is 17.2 Å². The number of fused-ring (bicyclic) bond motifs is 2. The quantitative estimate of drug-likeness (QED) is 0.363. The molecule has 0 amide bonds. The molecule has 0 bridgehead atoms. The van der Waals surface area contributed by atoms with Crippen LogP contribution < -0.4 is 19.5 Å². The molecule has 0 radical (unpaired) electrons. The van der Waals surface area contributed by atoms with Crippen LogP contribution >= 0.6 is 11.6 Å². The molecule has 1 heterocycles. The lowest BCUT2D eigenvalue weighted by Crippen LogP contribution is -2.14. The highest BCUT2D eigenvalue weighted by molar-refractivity contribution is 6.31. The van der Waals surface area contributed by atoms with Gasteiger partial charge in [0.25, 0.3) is 0 Å². The van der Waals surface area contributed by atoms with E-state index in [0.717, 1.165) is 33.4 Å². The van der Waals surface area contributed by atoms with Crippen molar-refractivity contribution >= 4 is 22.4 Å². The summed E-state index contributed by atoms with van der Waals surface area (Å²) in [5.74, 6) is 1.85. The molecule has 0 saturated heterocycles. The number of hydrogen-bond acceptors (Lipinski definition) is 4. The highest BCUT2D eigenvalue weighted by atomic mass is 35.5. The second-order valence-electron chi connectivity index (χ2n) is 7.54. The van der Waals surface area contributed by atoms with E-state index in [9.17, 15) is 4.39 Å². The van der Waals surface area contributed by atoms with Crippen LogP contribution in [-0.2, 0) is 19.7 Å². The van der Waals surface area contributed by atoms with Gasteiger partial charge in [-0.05, 0) is 46.7 Å². The summed E-state index contributed by atoms with van der Waals surface area (Å²) in [6.07, 6.45) is 0. The van der Waals surface area contributed by atoms with Gasteiger partial charge in [0.15, 0.2) is 11.5 Å². The van der Waals surface area contributed by atoms with Gasteiger partial charge in [-0.3, -0.25) is 0 Å². The van der Waals surface area contributed by atoms with Crippen LogP contribution in [0.15, 0.2) is 72.8 Å². The van der Waals surface area contributed by atoms with E-state index >= 15 is 0 Å². The van der Waals surface area contributed by atoms with Gasteiger partial charge in [0.1, 0.15) is 18.2 Å². The Balaban J connectivity index is 1.36. The van der Waals surface area contributed by atoms with E-state index in [1.165, 1.54) is 6.07 Å². The van der Waals surface area contributed by atoms with Crippen molar-refractivity contribution in [1.29, 1.82) is 0 Å². The summed E-state index contributed by atoms with van der Waals surface area (Å²) in [5, 5.41) is 6.04. The van der Waals surface area contributed by atoms with Crippen molar-refractivity contribution in [3.63, 3.8) is 0 Å². The lowest BCUT2D eigenvalue weighted by molar-refractivity contribution is 0.174. The molecule has 0 fully saturated rings. The summed E-state index contributed by atoms with van der Waals surface area (Å²) in [7, 11) is 0. The number of hydrogen-bond donors (Lipinski definition) is 1. The normalized spacial score (nSPS) is 12.3. The Hall–Kier alpha value is -3.28. The predicted molar refractivity (Wildman–Crippen MR) is 123 cm³/mol. The van der Waals surface area contributed by atoms with E-state index < -0.39 is 0 Å². The van der Waals surface area contributed by atoms with E-state index in [4.69, 9.17) is 25.8 Å². The molecule has 1 N–H and O–H groups in total. The average Bonchev–Trinajstić information content (AvgIpc) is 3.27. The monoisotopic (exact) mass is 449 g/mol. The van der Waals surface area contributed by atoms with Crippen LogP contribution in [0.25, 0.3) is 10.8 Å². The van der Waals surface area contributed by atoms with Gasteiger partial charge in [-0.1, -0.05) is 54.1 Å². The molecule has 1 aliphatic rings. The second-order valence-corrected chi connectivity index (χ2v) is 7.95. The topological polar surface area (TPSA) is 39.7 Å². The van der Waals surface area contributed by atoms with Crippen LogP contribution in [0.5, 0.6) is 17.2 Å². The summed E-state index contributed by atoms with van der Waals surface area (Å²) in [6.45, 7) is 1.54. The molecule has 0 aliphatic carbocycles. The fraction of sp³-hybridized carbons (Fsp3) is 0.154. The molecule has 4 nitrogen and oxygen atoms in total. The first-order chi connectivity index (χ1) is 15.7. The first kappa shape index (κ1) is 20.6. The smallest absolute Gasteiger partial charge is 0.231 e. The lowest BCUT2D eigenvalue weighted by atomic mass is 10.0. The molecular weight excluding hydrogens is 429 g/mol. The third-order valence-corrected chi connectivity index (χ3v) is 5.85. The van der Waals surface area contributed by atoms with Crippen LogP contribution in [0, 0.1) is 5.82 Å². The summed E-state index contributed by atoms with van der Waals surface area (Å²) < 4.78 is 31.1. The first-order valence-electron chi connectivity index (χ1n) is 10.3. The molecule has 0 atom stereocenters. The van der Waals surface area contributed by atoms with Crippen LogP contribution in [0.4, 0.5) is 4.39 Å². The van der Waals surface area contributed by atoms with Gasteiger partial charge < -0.3 is 19.5 Å². The van der Waals surface area contributed by atoms with Gasteiger partial charge in [0.2, 0.25) is 6.79 Å². The van der Waals surface area contributed by atoms with Gasteiger partial charge in [-0.15, -0.1) is 0 Å². The van der Waals surface area contributed by atoms with Crippen LogP contribution in [0.1, 0.15) is 16.7 Å². The highest BCUT2D eigenvalue weighted by Crippen LogP contribution is 2.33. The molecule has 162 valence electrons. The minimum atomic E-state index is -0.374. The van der Waals surface area contributed by atoms with Gasteiger partial charge in [0, 0.05) is 24.2 Å². The summed E-state index contributed by atoms with van der Waals surface area (Å²) in [4.78, 5) is 0. The Morgan fingerprint density at radius 1 is 0.875 bits per heavy atom. The first-order valence-corrected chi connectivity index (χ1v) is 10.7. The van der Waals surface area contributed by atoms with E-state index in [-0.39, 0.29) is 19.2 Å². The number of nitrogens with one attached hydrogen (secondary N) is 1. The number of halogens is 2. The molecule has 32 heavy (non-hydrogen) atoms. The van der Waals surface area contributed by atoms with E-state index in [1.807, 2.05) is 42.5 Å². The Bertz CT molecular complexity index is 1260. The fourth-order valence-corrected chi connectivity index (χ4v) is 4.05. The molecule has 0 unspecified atom stereocenters. The molecule has 0 saturated carbocycles. The van der Waals surface area contributed by atoms with Gasteiger partial charge in [-0.2, -0.15) is 0 Å². The molecular formula is C26H21ClFNO3. The van der Waals surface area contributed by atoms with E-state index in [1.54, 1.807) is 12.1 Å². The maximum atomic E-state index is 14.2. The summed E-state index contributed by atoms with van der Waals surface area (Å²) >= 11 is 6.17. The van der Waals surface area contributed by atoms with Crippen LogP contribution in [-0.4, -0.2) is 6.79 Å². The van der Waals surface area contributed by atoms with Crippen molar-refractivity contribution in [3.05, 3.63) is 100 Å². The van der Waals surface area contributed by atoms with E-state index in [0.29, 0.717) is 29.4 Å². The summed E-state index contributed by atoms with van der Waals surface area (Å²) in [6, 6.07) is 22.6. The van der Waals surface area contributed by atoms with Crippen LogP contribution in [0.3, 0.4) is 0 Å². The van der Waals surface area contributed by atoms with Gasteiger partial charge in [-0.25, -0.2) is 4.39 Å². The number of benzene rings is 4. The zero-order chi connectivity index (χ0) is 21.9. The third-order valence-electron chi connectivity index (χ3n) is 5.50. The van der Waals surface area contributed by atoms with Crippen molar-refractivity contribution in [2.24, 2.45) is 0 Å². The fourth-order valence-electron chi connectivity index (χ4n) is 3.84. The van der Waals surface area contributed by atoms with Crippen molar-refractivity contribution in [1.82, 2.24) is 5.32 Å². The average molecular weight is 450 g/mol. The van der Waals surface area contributed by atoms with Crippen molar-refractivity contribution in [2.45, 2.75) is 19.7 Å². The third kappa shape index (κ3) is 4.22. The van der Waals surface area contributed by atoms with E-state index in [2.05, 4.69) is 17.4 Å². The SMILES string of the molecule is Fc1cccc(Cl)c1COc1ccc2ccccc2c1CNCc1ccc2c(c1)OCO2. The van der Waals surface area contributed by atoms with Crippen molar-refractivity contribution in [2.75, 3.05) is 6.79 Å². The summed E-state index contributed by atoms with van der Waals surface area (Å²) in [5.41, 5.74) is 2.45. The number of ether oxygens (including phenoxy) is 3. The standard InChI is InChI=1S/C26H21ClFNO3/c27-22-6-3-7-23(28)21(22)15-30-24-11-9-18-4-1-2-5-19(18)20(24)14-29-13-17-8-10-25-26(12-17)32-16-31-25/h1-12,29H,13-16H2. The molecule has 0 aromatic heterocycles. The maximum Gasteiger partial charge on any atom is 0.231 e. The second kappa shape index (κ2) is 9.07. The minimum Gasteiger partial charge on any atom is -0.488 e. The minimum absolute atomic E-state index is 0.0546. The molecule has 0 spiro atoms. The lowest BCUT2D eigenvalue weighted by Gasteiger charge is -2.16. The molecule has 5 rings (SSSR count). The molecule has 4 aromatic rings. The van der Waals surface area contributed by atoms with Crippen molar-refractivity contribution < 1.29 is 18.6 Å². The molecule has 4 aromatic carbocycles. The maximum absolute atomic E-state index is 14.2. The number of rotatable bonds is 7. The molecule has 6 heteroatoms. The zero-order valence-corrected chi connectivity index (χ0v) is 18.0. The highest BCUT2D eigenvalue weighted by Gasteiger charge is 2.14. The van der Waals surface area contributed by atoms with Crippen LogP contribution in [0.2, 0.25) is 5.02 Å². The Labute approximate surface area is 190 Å².